The van der Waals surface area contributed by atoms with E-state index in [-0.39, 0.29) is 17.4 Å². The summed E-state index contributed by atoms with van der Waals surface area (Å²) in [6, 6.07) is 9.25. The zero-order valence-corrected chi connectivity index (χ0v) is 17.0. The van der Waals surface area contributed by atoms with Gasteiger partial charge >= 0.3 is 0 Å². The van der Waals surface area contributed by atoms with Gasteiger partial charge in [-0.3, -0.25) is 9.59 Å². The van der Waals surface area contributed by atoms with Crippen molar-refractivity contribution < 1.29 is 9.59 Å². The average molecular weight is 381 g/mol. The van der Waals surface area contributed by atoms with Crippen LogP contribution < -0.4 is 5.32 Å². The number of carbonyl (C=O) groups excluding carboxylic acids is 2. The molecule has 4 heteroatoms. The average Bonchev–Trinajstić information content (AvgIpc) is 3.07. The summed E-state index contributed by atoms with van der Waals surface area (Å²) in [6.45, 7) is 4.19. The predicted molar refractivity (Wildman–Crippen MR) is 109 cm³/mol. The highest BCUT2D eigenvalue weighted by Crippen LogP contribution is 2.47. The van der Waals surface area contributed by atoms with E-state index >= 15 is 0 Å². The normalized spacial score (nSPS) is 33.0. The molecule has 1 spiro atoms. The van der Waals surface area contributed by atoms with Gasteiger partial charge in [0.15, 0.2) is 0 Å². The van der Waals surface area contributed by atoms with Crippen LogP contribution in [0.15, 0.2) is 24.3 Å². The van der Waals surface area contributed by atoms with Gasteiger partial charge in [-0.05, 0) is 73.8 Å². The summed E-state index contributed by atoms with van der Waals surface area (Å²) in [6.07, 6.45) is 9.32. The van der Waals surface area contributed by atoms with Crippen LogP contribution in [0.1, 0.15) is 69.4 Å². The summed E-state index contributed by atoms with van der Waals surface area (Å²) in [4.78, 5) is 26.4. The number of hydrogen-bond donors (Lipinski definition) is 1. The Morgan fingerprint density at radius 3 is 2.57 bits per heavy atom. The molecule has 0 aromatic heterocycles. The van der Waals surface area contributed by atoms with Crippen LogP contribution in [-0.2, 0) is 21.4 Å². The Hall–Kier alpha value is -1.84. The zero-order valence-electron chi connectivity index (χ0n) is 17.0. The van der Waals surface area contributed by atoms with Gasteiger partial charge < -0.3 is 10.2 Å². The lowest BCUT2D eigenvalue weighted by Gasteiger charge is -2.45. The van der Waals surface area contributed by atoms with E-state index in [1.807, 2.05) is 0 Å². The molecule has 1 aromatic carbocycles. The zero-order chi connectivity index (χ0) is 19.4. The molecule has 150 valence electrons. The van der Waals surface area contributed by atoms with E-state index in [0.29, 0.717) is 23.7 Å². The minimum Gasteiger partial charge on any atom is -0.351 e. The van der Waals surface area contributed by atoms with Gasteiger partial charge in [0.2, 0.25) is 11.8 Å². The van der Waals surface area contributed by atoms with E-state index in [1.54, 1.807) is 0 Å². The number of amides is 2. The van der Waals surface area contributed by atoms with Crippen molar-refractivity contribution in [3.63, 3.8) is 0 Å². The maximum absolute atomic E-state index is 12.8. The second-order valence-electron chi connectivity index (χ2n) is 10.2. The highest BCUT2D eigenvalue weighted by Gasteiger charge is 2.52. The van der Waals surface area contributed by atoms with E-state index < -0.39 is 0 Å². The third-order valence-corrected chi connectivity index (χ3v) is 7.95. The van der Waals surface area contributed by atoms with Crippen molar-refractivity contribution in [2.24, 2.45) is 11.8 Å². The first-order valence-corrected chi connectivity index (χ1v) is 11.1. The van der Waals surface area contributed by atoms with Crippen LogP contribution in [0.25, 0.3) is 0 Å². The number of benzene rings is 1. The molecule has 2 saturated carbocycles. The standard InChI is InChI=1S/C24H32N2O2/c1-23(11-12-23)20-6-4-17(5-7-20)2-3-18-9-13-26(16-18)22(28)19-14-24(15-19)10-8-21(27)25-24/h4-7,18-19H,2-3,8-16H2,1H3,(H,25,27)/t18-,19-,24+/m1/s1. The quantitative estimate of drug-likeness (QED) is 0.849. The Morgan fingerprint density at radius 1 is 1.18 bits per heavy atom. The highest BCUT2D eigenvalue weighted by atomic mass is 16.2. The Bertz CT molecular complexity index is 774. The summed E-state index contributed by atoms with van der Waals surface area (Å²) >= 11 is 0. The fourth-order valence-corrected chi connectivity index (χ4v) is 5.59. The number of nitrogens with one attached hydrogen (secondary N) is 1. The molecule has 2 aliphatic heterocycles. The summed E-state index contributed by atoms with van der Waals surface area (Å²) in [5.74, 6) is 1.25. The predicted octanol–water partition coefficient (Wildman–Crippen LogP) is 3.58. The smallest absolute Gasteiger partial charge is 0.225 e. The van der Waals surface area contributed by atoms with Crippen LogP contribution in [0.4, 0.5) is 0 Å². The lowest BCUT2D eigenvalue weighted by Crippen LogP contribution is -2.56. The van der Waals surface area contributed by atoms with E-state index in [1.165, 1.54) is 30.4 Å². The third-order valence-electron chi connectivity index (χ3n) is 7.95. The molecule has 4 nitrogen and oxygen atoms in total. The monoisotopic (exact) mass is 380 g/mol. The van der Waals surface area contributed by atoms with Crippen LogP contribution in [0.2, 0.25) is 0 Å². The van der Waals surface area contributed by atoms with Gasteiger partial charge in [-0.15, -0.1) is 0 Å². The first kappa shape index (κ1) is 18.2. The van der Waals surface area contributed by atoms with Crippen molar-refractivity contribution in [3.8, 4) is 0 Å². The molecule has 4 fully saturated rings. The molecule has 0 unspecified atom stereocenters. The SMILES string of the molecule is CC1(c2ccc(CC[C@@H]3CCN(C(=O)[C@H]4C[C@]5(CCC(=O)N5)C4)C3)cc2)CC1. The molecule has 0 radical (unpaired) electrons. The third kappa shape index (κ3) is 3.35. The van der Waals surface area contributed by atoms with Crippen molar-refractivity contribution in [2.45, 2.75) is 75.7 Å². The lowest BCUT2D eigenvalue weighted by atomic mass is 9.67. The largest absolute Gasteiger partial charge is 0.351 e. The summed E-state index contributed by atoms with van der Waals surface area (Å²) in [7, 11) is 0. The fraction of sp³-hybridized carbons (Fsp3) is 0.667. The molecule has 1 N–H and O–H groups in total. The van der Waals surface area contributed by atoms with Gasteiger partial charge in [0, 0.05) is 31.0 Å². The number of carbonyl (C=O) groups is 2. The topological polar surface area (TPSA) is 49.4 Å². The van der Waals surface area contributed by atoms with Gasteiger partial charge in [-0.2, -0.15) is 0 Å². The Kier molecular flexibility index (Phi) is 4.29. The molecular formula is C24H32N2O2. The molecular weight excluding hydrogens is 348 g/mol. The summed E-state index contributed by atoms with van der Waals surface area (Å²) in [5, 5.41) is 3.10. The number of aryl methyl sites for hydroxylation is 1. The second kappa shape index (κ2) is 6.60. The summed E-state index contributed by atoms with van der Waals surface area (Å²) in [5.41, 5.74) is 3.33. The van der Waals surface area contributed by atoms with Crippen LogP contribution in [0.5, 0.6) is 0 Å². The van der Waals surface area contributed by atoms with Gasteiger partial charge in [0.25, 0.3) is 0 Å². The molecule has 2 amide bonds. The highest BCUT2D eigenvalue weighted by molar-refractivity contribution is 5.83. The Balaban J connectivity index is 1.08. The van der Waals surface area contributed by atoms with Crippen molar-refractivity contribution >= 4 is 11.8 Å². The van der Waals surface area contributed by atoms with E-state index in [2.05, 4.69) is 41.4 Å². The Morgan fingerprint density at radius 2 is 1.93 bits per heavy atom. The van der Waals surface area contributed by atoms with Gasteiger partial charge in [0.05, 0.1) is 0 Å². The van der Waals surface area contributed by atoms with Gasteiger partial charge in [-0.25, -0.2) is 0 Å². The molecule has 4 aliphatic rings. The van der Waals surface area contributed by atoms with Crippen molar-refractivity contribution in [1.29, 1.82) is 0 Å². The van der Waals surface area contributed by atoms with Crippen molar-refractivity contribution in [3.05, 3.63) is 35.4 Å². The molecule has 1 atom stereocenters. The lowest BCUT2D eigenvalue weighted by molar-refractivity contribution is -0.140. The van der Waals surface area contributed by atoms with Crippen LogP contribution in [-0.4, -0.2) is 35.3 Å². The molecule has 28 heavy (non-hydrogen) atoms. The van der Waals surface area contributed by atoms with E-state index in [4.69, 9.17) is 0 Å². The second-order valence-corrected chi connectivity index (χ2v) is 10.2. The van der Waals surface area contributed by atoms with Gasteiger partial charge in [-0.1, -0.05) is 31.2 Å². The van der Waals surface area contributed by atoms with Crippen LogP contribution in [0, 0.1) is 11.8 Å². The maximum Gasteiger partial charge on any atom is 0.225 e. The van der Waals surface area contributed by atoms with E-state index in [0.717, 1.165) is 45.2 Å². The van der Waals surface area contributed by atoms with Crippen molar-refractivity contribution in [2.75, 3.05) is 13.1 Å². The van der Waals surface area contributed by atoms with Crippen molar-refractivity contribution in [1.82, 2.24) is 10.2 Å². The molecule has 2 heterocycles. The first-order valence-electron chi connectivity index (χ1n) is 11.1. The summed E-state index contributed by atoms with van der Waals surface area (Å²) < 4.78 is 0. The minimum atomic E-state index is -0.0414. The molecule has 5 rings (SSSR count). The van der Waals surface area contributed by atoms with E-state index in [9.17, 15) is 9.59 Å². The van der Waals surface area contributed by atoms with Gasteiger partial charge in [0.1, 0.15) is 0 Å². The first-order chi connectivity index (χ1) is 13.4. The minimum absolute atomic E-state index is 0.0414. The number of likely N-dealkylation sites (tertiary alicyclic amines) is 1. The molecule has 2 aliphatic carbocycles. The number of rotatable bonds is 5. The number of nitrogens with zero attached hydrogens (tertiary/aromatic N) is 1. The fourth-order valence-electron chi connectivity index (χ4n) is 5.59. The molecule has 2 saturated heterocycles. The maximum atomic E-state index is 12.8. The van der Waals surface area contributed by atoms with Crippen LogP contribution >= 0.6 is 0 Å². The number of hydrogen-bond acceptors (Lipinski definition) is 2. The molecule has 0 bridgehead atoms. The Labute approximate surface area is 168 Å². The molecule has 1 aromatic rings. The van der Waals surface area contributed by atoms with Crippen LogP contribution in [0.3, 0.4) is 0 Å².